The molecule has 21 heavy (non-hydrogen) atoms. The van der Waals surface area contributed by atoms with Crippen LogP contribution in [0.2, 0.25) is 0 Å². The molecular weight excluding hydrogens is 300 g/mol. The molecule has 0 saturated carbocycles. The lowest BCUT2D eigenvalue weighted by molar-refractivity contribution is -0.123. The average molecular weight is 318 g/mol. The number of hydrogen-bond donors (Lipinski definition) is 2. The molecule has 0 spiro atoms. The van der Waals surface area contributed by atoms with Gasteiger partial charge in [-0.05, 0) is 35.9 Å². The third kappa shape index (κ3) is 4.37. The van der Waals surface area contributed by atoms with Crippen molar-refractivity contribution in [2.45, 2.75) is 19.9 Å². The van der Waals surface area contributed by atoms with Crippen LogP contribution in [0, 0.1) is 12.8 Å². The number of nitrogens with one attached hydrogen (secondary N) is 1. The molecule has 1 heterocycles. The van der Waals surface area contributed by atoms with Crippen LogP contribution in [0.25, 0.3) is 0 Å². The fourth-order valence-corrected chi connectivity index (χ4v) is 3.08. The van der Waals surface area contributed by atoms with Gasteiger partial charge >= 0.3 is 0 Å². The predicted octanol–water partition coefficient (Wildman–Crippen LogP) is 2.82. The molecule has 0 saturated heterocycles. The Morgan fingerprint density at radius 1 is 1.33 bits per heavy atom. The highest BCUT2D eigenvalue weighted by Gasteiger charge is 2.21. The summed E-state index contributed by atoms with van der Waals surface area (Å²) in [5.74, 6) is -0.582. The van der Waals surface area contributed by atoms with Crippen LogP contribution in [0.4, 0.5) is 0 Å². The van der Waals surface area contributed by atoms with Crippen LogP contribution in [-0.2, 0) is 17.8 Å². The summed E-state index contributed by atoms with van der Waals surface area (Å²) in [7, 11) is 0. The number of rotatable bonds is 6. The van der Waals surface area contributed by atoms with Crippen LogP contribution in [0.5, 0.6) is 0 Å². The first-order valence-corrected chi connectivity index (χ1v) is 8.00. The number of thiophene rings is 1. The van der Waals surface area contributed by atoms with E-state index in [0.29, 0.717) is 13.0 Å². The fraction of sp³-hybridized carbons (Fsp3) is 0.250. The van der Waals surface area contributed by atoms with E-state index in [9.17, 15) is 4.79 Å². The van der Waals surface area contributed by atoms with Gasteiger partial charge in [-0.25, -0.2) is 0 Å². The van der Waals surface area contributed by atoms with Crippen LogP contribution in [0.3, 0.4) is 0 Å². The molecule has 2 rings (SSSR count). The maximum absolute atomic E-state index is 12.3. The lowest BCUT2D eigenvalue weighted by Gasteiger charge is -2.15. The van der Waals surface area contributed by atoms with E-state index in [1.807, 2.05) is 48.7 Å². The summed E-state index contributed by atoms with van der Waals surface area (Å²) in [6.45, 7) is 2.56. The molecule has 1 aromatic carbocycles. The van der Waals surface area contributed by atoms with Crippen LogP contribution in [0.1, 0.15) is 16.0 Å². The largest absolute Gasteiger partial charge is 0.393 e. The van der Waals surface area contributed by atoms with Crippen molar-refractivity contribution in [1.82, 2.24) is 5.32 Å². The van der Waals surface area contributed by atoms with Gasteiger partial charge < -0.3 is 11.1 Å². The molecule has 110 valence electrons. The predicted molar refractivity (Wildman–Crippen MR) is 91.3 cm³/mol. The van der Waals surface area contributed by atoms with Crippen molar-refractivity contribution >= 4 is 34.5 Å². The van der Waals surface area contributed by atoms with E-state index < -0.39 is 5.92 Å². The molecule has 3 nitrogen and oxygen atoms in total. The summed E-state index contributed by atoms with van der Waals surface area (Å²) < 4.78 is 0. The second-order valence-electron chi connectivity index (χ2n) is 4.89. The monoisotopic (exact) mass is 318 g/mol. The zero-order chi connectivity index (χ0) is 15.2. The van der Waals surface area contributed by atoms with Crippen LogP contribution in [0.15, 0.2) is 41.8 Å². The van der Waals surface area contributed by atoms with Gasteiger partial charge in [0, 0.05) is 4.88 Å². The molecule has 0 bridgehead atoms. The Bertz CT molecular complexity index is 622. The molecule has 1 aromatic heterocycles. The molecule has 0 aliphatic rings. The van der Waals surface area contributed by atoms with E-state index in [0.717, 1.165) is 10.4 Å². The van der Waals surface area contributed by atoms with Crippen LogP contribution in [-0.4, -0.2) is 10.9 Å². The molecule has 2 aromatic rings. The Kier molecular flexibility index (Phi) is 5.47. The normalized spacial score (nSPS) is 11.9. The lowest BCUT2D eigenvalue weighted by atomic mass is 9.98. The maximum Gasteiger partial charge on any atom is 0.230 e. The lowest BCUT2D eigenvalue weighted by Crippen LogP contribution is -2.38. The van der Waals surface area contributed by atoms with E-state index in [4.69, 9.17) is 18.0 Å². The smallest absolute Gasteiger partial charge is 0.230 e. The highest BCUT2D eigenvalue weighted by atomic mass is 32.1. The number of amides is 1. The van der Waals surface area contributed by atoms with Gasteiger partial charge in [0.1, 0.15) is 0 Å². The number of aryl methyl sites for hydroxylation is 1. The van der Waals surface area contributed by atoms with Crippen molar-refractivity contribution in [3.8, 4) is 0 Å². The molecule has 0 aliphatic heterocycles. The van der Waals surface area contributed by atoms with Crippen molar-refractivity contribution < 1.29 is 4.79 Å². The van der Waals surface area contributed by atoms with Gasteiger partial charge in [-0.1, -0.05) is 42.5 Å². The SMILES string of the molecule is Cc1ccsc1CNC(=O)C(Cc1ccccc1)C(N)=S. The highest BCUT2D eigenvalue weighted by molar-refractivity contribution is 7.80. The van der Waals surface area contributed by atoms with Gasteiger partial charge in [0.15, 0.2) is 0 Å². The summed E-state index contributed by atoms with van der Waals surface area (Å²) in [6, 6.07) is 11.8. The number of carbonyl (C=O) groups is 1. The molecule has 0 fully saturated rings. The zero-order valence-corrected chi connectivity index (χ0v) is 13.5. The molecule has 0 aliphatic carbocycles. The fourth-order valence-electron chi connectivity index (χ4n) is 2.05. The van der Waals surface area contributed by atoms with Crippen molar-refractivity contribution in [2.24, 2.45) is 11.7 Å². The molecule has 1 amide bonds. The van der Waals surface area contributed by atoms with Gasteiger partial charge in [0.05, 0.1) is 17.5 Å². The molecule has 0 radical (unpaired) electrons. The summed E-state index contributed by atoms with van der Waals surface area (Å²) in [5, 5.41) is 4.95. The third-order valence-electron chi connectivity index (χ3n) is 3.33. The van der Waals surface area contributed by atoms with Gasteiger partial charge in [-0.2, -0.15) is 0 Å². The first-order valence-electron chi connectivity index (χ1n) is 6.72. The van der Waals surface area contributed by atoms with Crippen molar-refractivity contribution in [1.29, 1.82) is 0 Å². The number of benzene rings is 1. The second kappa shape index (κ2) is 7.33. The van der Waals surface area contributed by atoms with Gasteiger partial charge in [-0.3, -0.25) is 4.79 Å². The van der Waals surface area contributed by atoms with Crippen LogP contribution < -0.4 is 11.1 Å². The Morgan fingerprint density at radius 2 is 2.05 bits per heavy atom. The number of carbonyl (C=O) groups excluding carboxylic acids is 1. The van der Waals surface area contributed by atoms with Crippen molar-refractivity contribution in [2.75, 3.05) is 0 Å². The molecule has 5 heteroatoms. The van der Waals surface area contributed by atoms with E-state index in [1.54, 1.807) is 11.3 Å². The summed E-state index contributed by atoms with van der Waals surface area (Å²) in [6.07, 6.45) is 0.533. The quantitative estimate of drug-likeness (QED) is 0.805. The first kappa shape index (κ1) is 15.7. The van der Waals surface area contributed by atoms with E-state index >= 15 is 0 Å². The third-order valence-corrected chi connectivity index (χ3v) is 4.64. The second-order valence-corrected chi connectivity index (χ2v) is 6.36. The Morgan fingerprint density at radius 3 is 2.62 bits per heavy atom. The van der Waals surface area contributed by atoms with Crippen molar-refractivity contribution in [3.05, 3.63) is 57.8 Å². The molecule has 3 N–H and O–H groups in total. The first-order chi connectivity index (χ1) is 10.1. The zero-order valence-electron chi connectivity index (χ0n) is 11.8. The molecule has 1 unspecified atom stereocenters. The molecule has 1 atom stereocenters. The Labute approximate surface area is 134 Å². The molecular formula is C16H18N2OS2. The summed E-state index contributed by atoms with van der Waals surface area (Å²) >= 11 is 6.69. The number of nitrogens with two attached hydrogens (primary N) is 1. The van der Waals surface area contributed by atoms with Gasteiger partial charge in [0.2, 0.25) is 5.91 Å². The van der Waals surface area contributed by atoms with Gasteiger partial charge in [0.25, 0.3) is 0 Å². The highest BCUT2D eigenvalue weighted by Crippen LogP contribution is 2.16. The minimum atomic E-state index is -0.470. The van der Waals surface area contributed by atoms with Crippen LogP contribution >= 0.6 is 23.6 Å². The Hall–Kier alpha value is -1.72. The minimum Gasteiger partial charge on any atom is -0.393 e. The topological polar surface area (TPSA) is 55.1 Å². The minimum absolute atomic E-state index is 0.112. The van der Waals surface area contributed by atoms with E-state index in [2.05, 4.69) is 5.32 Å². The van der Waals surface area contributed by atoms with Gasteiger partial charge in [-0.15, -0.1) is 11.3 Å². The number of hydrogen-bond acceptors (Lipinski definition) is 3. The average Bonchev–Trinajstić information content (AvgIpc) is 2.88. The maximum atomic E-state index is 12.3. The summed E-state index contributed by atoms with van der Waals surface area (Å²) in [4.78, 5) is 13.7. The number of thiocarbonyl (C=S) groups is 1. The van der Waals surface area contributed by atoms with Crippen molar-refractivity contribution in [3.63, 3.8) is 0 Å². The summed E-state index contributed by atoms with van der Waals surface area (Å²) in [5.41, 5.74) is 7.98. The standard InChI is InChI=1S/C16H18N2OS2/c1-11-7-8-21-14(11)10-18-16(19)13(15(17)20)9-12-5-3-2-4-6-12/h2-8,13H,9-10H2,1H3,(H2,17,20)(H,18,19). The Balaban J connectivity index is 1.99. The van der Waals surface area contributed by atoms with E-state index in [-0.39, 0.29) is 10.9 Å². The van der Waals surface area contributed by atoms with E-state index in [1.165, 1.54) is 5.56 Å².